The van der Waals surface area contributed by atoms with Crippen molar-refractivity contribution in [1.82, 2.24) is 0 Å². The summed E-state index contributed by atoms with van der Waals surface area (Å²) >= 11 is 0. The summed E-state index contributed by atoms with van der Waals surface area (Å²) in [6.07, 6.45) is -25.1. The third-order valence-electron chi connectivity index (χ3n) is 8.61. The smallest absolute Gasteiger partial charge is 0.429 e. The number of alkyl halides is 12. The van der Waals surface area contributed by atoms with E-state index in [1.807, 2.05) is 0 Å². The first-order chi connectivity index (χ1) is 28.0. The van der Waals surface area contributed by atoms with Gasteiger partial charge in [0.05, 0.1) is 11.1 Å². The van der Waals surface area contributed by atoms with Crippen LogP contribution in [0, 0.1) is 5.92 Å². The number of rotatable bonds is 15. The molecule has 0 aromatic heterocycles. The van der Waals surface area contributed by atoms with Crippen LogP contribution in [0.3, 0.4) is 0 Å². The first-order valence-corrected chi connectivity index (χ1v) is 17.4. The molecule has 0 bridgehead atoms. The largest absolute Gasteiger partial charge is 0.458 e. The lowest BCUT2D eigenvalue weighted by molar-refractivity contribution is -0.375. The van der Waals surface area contributed by atoms with Crippen molar-refractivity contribution in [2.75, 3.05) is 24.3 Å². The fourth-order valence-corrected chi connectivity index (χ4v) is 5.21. The number of nitrogens with two attached hydrogens (primary N) is 1. The maximum Gasteiger partial charge on any atom is 0.429 e. The zero-order valence-electron chi connectivity index (χ0n) is 31.4. The van der Waals surface area contributed by atoms with Crippen molar-refractivity contribution in [3.63, 3.8) is 0 Å². The molecule has 0 radical (unpaired) electrons. The summed E-state index contributed by atoms with van der Waals surface area (Å²) in [5, 5.41) is 21.8. The van der Waals surface area contributed by atoms with Gasteiger partial charge in [0.2, 0.25) is 0 Å². The molecule has 0 saturated carbocycles. The topological polar surface area (TPSA) is 150 Å². The second-order valence-electron chi connectivity index (χ2n) is 13.8. The van der Waals surface area contributed by atoms with Crippen LogP contribution in [0.4, 0.5) is 64.1 Å². The van der Waals surface area contributed by atoms with E-state index in [0.717, 1.165) is 30.3 Å². The molecular formula is C39H34F12N2O8. The number of ether oxygens (including phenoxy) is 4. The van der Waals surface area contributed by atoms with Crippen molar-refractivity contribution >= 4 is 23.3 Å². The van der Waals surface area contributed by atoms with E-state index in [1.165, 1.54) is 30.3 Å². The van der Waals surface area contributed by atoms with Crippen LogP contribution in [0.2, 0.25) is 0 Å². The van der Waals surface area contributed by atoms with Gasteiger partial charge in [0.15, 0.2) is 0 Å². The standard InChI is InChI=1S/C39H34F12N2O8/c1-21(2)15-22-16-28(11-13-30(22)32(54)58-19-34(56,36(40,41)42)37(43,44)45)61-29-12-14-31(33(55)59-20-35(57,38(46,47)48)39(49,50)51)23(17-29)18-53-25-5-9-27(10-6-25)60-26-7-3-24(52)4-8-26/h3-14,16-17,21,53,56-57H,15,18-20,52H2,1-2H3. The predicted molar refractivity (Wildman–Crippen MR) is 191 cm³/mol. The van der Waals surface area contributed by atoms with Gasteiger partial charge < -0.3 is 40.2 Å². The number of nitrogens with one attached hydrogen (secondary N) is 1. The fourth-order valence-electron chi connectivity index (χ4n) is 5.21. The molecule has 0 aliphatic rings. The molecule has 61 heavy (non-hydrogen) atoms. The van der Waals surface area contributed by atoms with Gasteiger partial charge in [-0.05, 0) is 108 Å². The van der Waals surface area contributed by atoms with Gasteiger partial charge in [-0.15, -0.1) is 0 Å². The van der Waals surface area contributed by atoms with Crippen molar-refractivity contribution in [3.05, 3.63) is 107 Å². The highest BCUT2D eigenvalue weighted by Crippen LogP contribution is 2.45. The Hall–Kier alpha value is -5.90. The molecule has 0 heterocycles. The second kappa shape index (κ2) is 18.0. The number of carbonyl (C=O) groups excluding carboxylic acids is 2. The van der Waals surface area contributed by atoms with E-state index in [0.29, 0.717) is 22.9 Å². The molecule has 5 N–H and O–H groups in total. The maximum absolute atomic E-state index is 13.3. The molecule has 0 aliphatic heterocycles. The summed E-state index contributed by atoms with van der Waals surface area (Å²) in [5.74, 6) is -3.08. The van der Waals surface area contributed by atoms with Crippen LogP contribution in [-0.4, -0.2) is 71.3 Å². The van der Waals surface area contributed by atoms with Gasteiger partial charge in [0, 0.05) is 17.9 Å². The highest BCUT2D eigenvalue weighted by molar-refractivity contribution is 5.92. The molecule has 4 aromatic carbocycles. The Kier molecular flexibility index (Phi) is 14.1. The Balaban J connectivity index is 1.63. The quantitative estimate of drug-likeness (QED) is 0.0517. The summed E-state index contributed by atoms with van der Waals surface area (Å²) in [6, 6.07) is 18.8. The number of hydrogen-bond acceptors (Lipinski definition) is 10. The van der Waals surface area contributed by atoms with Crippen LogP contribution >= 0.6 is 0 Å². The van der Waals surface area contributed by atoms with Gasteiger partial charge in [0.1, 0.15) is 36.2 Å². The van der Waals surface area contributed by atoms with E-state index in [9.17, 15) is 72.5 Å². The van der Waals surface area contributed by atoms with Gasteiger partial charge in [0.25, 0.3) is 11.2 Å². The highest BCUT2D eigenvalue weighted by atomic mass is 19.4. The number of nitrogen functional groups attached to an aromatic ring is 1. The first-order valence-electron chi connectivity index (χ1n) is 17.4. The molecule has 0 unspecified atom stereocenters. The highest BCUT2D eigenvalue weighted by Gasteiger charge is 2.72. The average Bonchev–Trinajstić information content (AvgIpc) is 3.14. The SMILES string of the molecule is CC(C)Cc1cc(Oc2ccc(C(=O)OCC(O)(C(F)(F)F)C(F)(F)F)c(CNc3ccc(Oc4ccc(N)cc4)cc3)c2)ccc1C(=O)OCC(O)(C(F)(F)F)C(F)(F)F. The van der Waals surface area contributed by atoms with E-state index in [-0.39, 0.29) is 41.5 Å². The molecule has 22 heteroatoms. The molecule has 10 nitrogen and oxygen atoms in total. The summed E-state index contributed by atoms with van der Waals surface area (Å²) in [4.78, 5) is 25.8. The van der Waals surface area contributed by atoms with Crippen molar-refractivity contribution in [3.8, 4) is 23.0 Å². The van der Waals surface area contributed by atoms with Gasteiger partial charge >= 0.3 is 36.6 Å². The van der Waals surface area contributed by atoms with E-state index in [4.69, 9.17) is 15.2 Å². The van der Waals surface area contributed by atoms with Crippen molar-refractivity contribution in [1.29, 1.82) is 0 Å². The van der Waals surface area contributed by atoms with Crippen molar-refractivity contribution in [2.24, 2.45) is 5.92 Å². The Morgan fingerprint density at radius 3 is 1.34 bits per heavy atom. The van der Waals surface area contributed by atoms with E-state index in [1.54, 1.807) is 38.1 Å². The number of halogens is 12. The number of esters is 2. The molecule has 4 rings (SSSR count). The molecular weight excluding hydrogens is 852 g/mol. The molecule has 0 atom stereocenters. The second-order valence-corrected chi connectivity index (χ2v) is 13.8. The zero-order valence-corrected chi connectivity index (χ0v) is 31.4. The maximum atomic E-state index is 13.3. The Labute approximate surface area is 337 Å². The van der Waals surface area contributed by atoms with Gasteiger partial charge in [-0.25, -0.2) is 9.59 Å². The lowest BCUT2D eigenvalue weighted by Gasteiger charge is -2.31. The average molecular weight is 887 g/mol. The lowest BCUT2D eigenvalue weighted by atomic mass is 9.97. The van der Waals surface area contributed by atoms with Gasteiger partial charge in [-0.1, -0.05) is 13.8 Å². The lowest BCUT2D eigenvalue weighted by Crippen LogP contribution is -2.60. The van der Waals surface area contributed by atoms with Crippen molar-refractivity contribution < 1.29 is 91.4 Å². The van der Waals surface area contributed by atoms with Crippen LogP contribution < -0.4 is 20.5 Å². The molecule has 0 amide bonds. The molecule has 0 aliphatic carbocycles. The van der Waals surface area contributed by atoms with E-state index < -0.39 is 72.2 Å². The Bertz CT molecular complexity index is 2120. The van der Waals surface area contributed by atoms with E-state index >= 15 is 0 Å². The number of benzene rings is 4. The normalized spacial score (nSPS) is 12.9. The minimum atomic E-state index is -6.30. The van der Waals surface area contributed by atoms with Crippen LogP contribution in [0.5, 0.6) is 23.0 Å². The Morgan fingerprint density at radius 2 is 0.934 bits per heavy atom. The van der Waals surface area contributed by atoms with Crippen LogP contribution in [0.1, 0.15) is 45.7 Å². The number of anilines is 2. The molecule has 0 fully saturated rings. The van der Waals surface area contributed by atoms with Gasteiger partial charge in [-0.3, -0.25) is 0 Å². The Morgan fingerprint density at radius 1 is 0.574 bits per heavy atom. The zero-order chi connectivity index (χ0) is 45.8. The van der Waals surface area contributed by atoms with Crippen molar-refractivity contribution in [2.45, 2.75) is 62.7 Å². The molecule has 332 valence electrons. The molecule has 0 saturated heterocycles. The third-order valence-corrected chi connectivity index (χ3v) is 8.61. The number of aliphatic hydroxyl groups is 2. The number of carbonyl (C=O) groups is 2. The molecule has 0 spiro atoms. The third kappa shape index (κ3) is 11.5. The summed E-state index contributed by atoms with van der Waals surface area (Å²) < 4.78 is 179. The minimum absolute atomic E-state index is 0.00721. The summed E-state index contributed by atoms with van der Waals surface area (Å²) in [7, 11) is 0. The first kappa shape index (κ1) is 47.8. The monoisotopic (exact) mass is 886 g/mol. The molecule has 4 aromatic rings. The minimum Gasteiger partial charge on any atom is -0.458 e. The van der Waals surface area contributed by atoms with Crippen LogP contribution in [-0.2, 0) is 22.4 Å². The van der Waals surface area contributed by atoms with E-state index in [2.05, 4.69) is 14.8 Å². The van der Waals surface area contributed by atoms with Gasteiger partial charge in [-0.2, -0.15) is 52.7 Å². The van der Waals surface area contributed by atoms with Crippen LogP contribution in [0.15, 0.2) is 84.9 Å². The summed E-state index contributed by atoms with van der Waals surface area (Å²) in [6.45, 7) is -2.14. The fraction of sp³-hybridized carbons (Fsp3) is 0.333. The van der Waals surface area contributed by atoms with Crippen LogP contribution in [0.25, 0.3) is 0 Å². The summed E-state index contributed by atoms with van der Waals surface area (Å²) in [5.41, 5.74) is -5.47. The predicted octanol–water partition coefficient (Wildman–Crippen LogP) is 9.69. The number of hydrogen-bond donors (Lipinski definition) is 4.